The fourth-order valence-electron chi connectivity index (χ4n) is 7.54. The van der Waals surface area contributed by atoms with Gasteiger partial charge < -0.3 is 34.6 Å². The lowest BCUT2D eigenvalue weighted by molar-refractivity contribution is -0.142. The molecule has 3 fully saturated rings. The predicted molar refractivity (Wildman–Crippen MR) is 204 cm³/mol. The zero-order valence-electron chi connectivity index (χ0n) is 31.1. The van der Waals surface area contributed by atoms with Gasteiger partial charge in [-0.1, -0.05) is 30.9 Å². The van der Waals surface area contributed by atoms with Gasteiger partial charge >= 0.3 is 6.09 Å². The molecular weight excluding hydrogens is 745 g/mol. The normalized spacial score (nSPS) is 28.5. The highest BCUT2D eigenvalue weighted by Gasteiger charge is 2.62. The summed E-state index contributed by atoms with van der Waals surface area (Å²) in [6.45, 7) is 3.48. The van der Waals surface area contributed by atoms with E-state index in [0.29, 0.717) is 49.7 Å². The van der Waals surface area contributed by atoms with Crippen molar-refractivity contribution in [2.45, 2.75) is 80.3 Å². The van der Waals surface area contributed by atoms with E-state index >= 15 is 0 Å². The van der Waals surface area contributed by atoms with Gasteiger partial charge in [-0.2, -0.15) is 0 Å². The van der Waals surface area contributed by atoms with Crippen molar-refractivity contribution in [3.8, 4) is 11.6 Å². The average molecular weight is 791 g/mol. The first kappa shape index (κ1) is 38.8. The number of fused-ring (bicyclic) bond motifs is 4. The van der Waals surface area contributed by atoms with Crippen molar-refractivity contribution in [3.05, 3.63) is 60.8 Å². The third-order valence-corrected chi connectivity index (χ3v) is 12.7. The molecule has 5 bridgehead atoms. The van der Waals surface area contributed by atoms with Crippen LogP contribution in [0.4, 0.5) is 4.79 Å². The second-order valence-corrected chi connectivity index (χ2v) is 16.8. The number of allylic oxidation sites excluding steroid dienone is 2. The largest absolute Gasteiger partial charge is 0.496 e. The van der Waals surface area contributed by atoms with Crippen LogP contribution in [0.3, 0.4) is 0 Å². The topological polar surface area (TPSA) is 203 Å². The molecular formula is C39H46N6O10S. The number of nitrogens with zero attached hydrogens (tertiary/aromatic N) is 3. The molecule has 5 atom stereocenters. The van der Waals surface area contributed by atoms with Gasteiger partial charge in [0.2, 0.25) is 33.6 Å². The van der Waals surface area contributed by atoms with Gasteiger partial charge in [0.25, 0.3) is 5.91 Å². The quantitative estimate of drug-likeness (QED) is 0.297. The molecule has 17 heteroatoms. The Morgan fingerprint density at radius 3 is 2.70 bits per heavy atom. The fraction of sp³-hybridized carbons (Fsp3) is 0.487. The highest BCUT2D eigenvalue weighted by atomic mass is 32.2. The number of alkyl carbamates (subject to hydrolysis) is 1. The Bertz CT molecular complexity index is 2100. The number of rotatable bonds is 5. The number of hydrogen-bond donors (Lipinski definition) is 3. The first-order valence-corrected chi connectivity index (χ1v) is 20.5. The van der Waals surface area contributed by atoms with Crippen LogP contribution in [0, 0.1) is 5.92 Å². The summed E-state index contributed by atoms with van der Waals surface area (Å²) in [5, 5.41) is 6.25. The van der Waals surface area contributed by atoms with E-state index in [0.717, 1.165) is 17.0 Å². The van der Waals surface area contributed by atoms with Crippen molar-refractivity contribution >= 4 is 56.6 Å². The number of carbonyl (C=O) groups is 5. The van der Waals surface area contributed by atoms with E-state index in [2.05, 4.69) is 26.9 Å². The number of amides is 5. The molecule has 5 aliphatic rings. The van der Waals surface area contributed by atoms with Crippen molar-refractivity contribution in [1.82, 2.24) is 30.1 Å². The molecule has 0 radical (unpaired) electrons. The van der Waals surface area contributed by atoms with E-state index in [1.54, 1.807) is 19.4 Å². The molecule has 0 spiro atoms. The number of carbonyl (C=O) groups excluding carboxylic acids is 5. The first-order valence-electron chi connectivity index (χ1n) is 18.9. The van der Waals surface area contributed by atoms with Crippen LogP contribution in [0.1, 0.15) is 56.9 Å². The highest BCUT2D eigenvalue weighted by Crippen LogP contribution is 2.46. The molecule has 1 aromatic heterocycles. The van der Waals surface area contributed by atoms with Crippen molar-refractivity contribution in [2.75, 3.05) is 33.4 Å². The lowest BCUT2D eigenvalue weighted by atomic mass is 10.1. The molecule has 2 aromatic rings. The zero-order chi connectivity index (χ0) is 39.6. The Morgan fingerprint density at radius 1 is 1.12 bits per heavy atom. The number of benzene rings is 1. The zero-order valence-corrected chi connectivity index (χ0v) is 31.9. The number of sulfonamides is 1. The van der Waals surface area contributed by atoms with Crippen LogP contribution >= 0.6 is 0 Å². The van der Waals surface area contributed by atoms with Crippen molar-refractivity contribution in [1.29, 1.82) is 0 Å². The summed E-state index contributed by atoms with van der Waals surface area (Å²) in [5.74, 6) is -2.34. The first-order chi connectivity index (χ1) is 26.9. The van der Waals surface area contributed by atoms with E-state index in [-0.39, 0.29) is 45.0 Å². The van der Waals surface area contributed by atoms with Gasteiger partial charge in [-0.3, -0.25) is 23.9 Å². The molecule has 4 heterocycles. The minimum Gasteiger partial charge on any atom is -0.496 e. The van der Waals surface area contributed by atoms with Gasteiger partial charge in [-0.05, 0) is 74.6 Å². The van der Waals surface area contributed by atoms with Crippen LogP contribution in [-0.4, -0.2) is 115 Å². The van der Waals surface area contributed by atoms with E-state index in [1.165, 1.54) is 9.80 Å². The Balaban J connectivity index is 1.28. The van der Waals surface area contributed by atoms with Crippen LogP contribution in [0.2, 0.25) is 0 Å². The van der Waals surface area contributed by atoms with Gasteiger partial charge in [0, 0.05) is 36.0 Å². The molecule has 1 saturated heterocycles. The lowest BCUT2D eigenvalue weighted by Crippen LogP contribution is -2.60. The standard InChI is InChI=1S/C39H46N6O10S/c1-3-33(46)44-16-8-4-7-11-26-21-39(26,37(49)43-56(51,52)28-12-13-28)42-34(47)31-20-27-22-45(31)36(48)30(23-44)41-38(50)54-17-9-5-6-10-25-18-29-24(19-32(25)53-2)14-15-40-35(29)55-27/h3,6-7,10-11,14-15,18-19,26-28,30-31H,1,4-5,8-9,12-13,16-17,20-23H2,2H3,(H,41,50)(H,42,47)(H,43,49)/b10-6+,11-7-/t26-,27?,30-,31-,39+/m0/s1. The summed E-state index contributed by atoms with van der Waals surface area (Å²) >= 11 is 0. The van der Waals surface area contributed by atoms with Gasteiger partial charge in [-0.25, -0.2) is 18.2 Å². The predicted octanol–water partition coefficient (Wildman–Crippen LogP) is 2.34. The van der Waals surface area contributed by atoms with Crippen molar-refractivity contribution < 1.29 is 46.6 Å². The number of cyclic esters (lactones) is 1. The Morgan fingerprint density at radius 2 is 1.93 bits per heavy atom. The van der Waals surface area contributed by atoms with Crippen LogP contribution in [-0.2, 0) is 33.9 Å². The summed E-state index contributed by atoms with van der Waals surface area (Å²) in [6, 6.07) is 2.98. The minimum atomic E-state index is -3.94. The number of hydrogen-bond acceptors (Lipinski definition) is 11. The average Bonchev–Trinajstić information content (AvgIpc) is 4.10. The molecule has 16 nitrogen and oxygen atoms in total. The summed E-state index contributed by atoms with van der Waals surface area (Å²) < 4.78 is 45.5. The molecule has 3 aliphatic heterocycles. The summed E-state index contributed by atoms with van der Waals surface area (Å²) in [4.78, 5) is 76.4. The van der Waals surface area contributed by atoms with Gasteiger partial charge in [0.1, 0.15) is 29.5 Å². The Kier molecular flexibility index (Phi) is 11.1. The third-order valence-electron chi connectivity index (χ3n) is 10.9. The van der Waals surface area contributed by atoms with Gasteiger partial charge in [0.15, 0.2) is 0 Å². The second kappa shape index (κ2) is 16.0. The minimum absolute atomic E-state index is 0.0358. The second-order valence-electron chi connectivity index (χ2n) is 14.8. The molecule has 2 aliphatic carbocycles. The maximum Gasteiger partial charge on any atom is 0.407 e. The third kappa shape index (κ3) is 8.22. The number of pyridine rings is 1. The van der Waals surface area contributed by atoms with Crippen molar-refractivity contribution in [2.24, 2.45) is 5.92 Å². The van der Waals surface area contributed by atoms with E-state index < -0.39 is 74.6 Å². The molecule has 7 rings (SSSR count). The Labute approximate surface area is 324 Å². The molecule has 1 unspecified atom stereocenters. The van der Waals surface area contributed by atoms with Crippen LogP contribution in [0.5, 0.6) is 11.6 Å². The summed E-state index contributed by atoms with van der Waals surface area (Å²) in [5.41, 5.74) is -0.824. The SMILES string of the molecule is C=CC(=O)N1CCC/C=C\[C@H]2C[C@@]2(C(=O)NS(=O)(=O)C2CC2)NC(=O)[C@@H]2CC3CN2C(=O)[C@H](C1)NC(=O)OCCC/C=C/c1cc2c(nccc2cc1OC)O3. The smallest absolute Gasteiger partial charge is 0.407 e. The van der Waals surface area contributed by atoms with Crippen molar-refractivity contribution in [3.63, 3.8) is 0 Å². The van der Waals surface area contributed by atoms with E-state index in [4.69, 9.17) is 14.2 Å². The lowest BCUT2D eigenvalue weighted by Gasteiger charge is -2.32. The van der Waals surface area contributed by atoms with E-state index in [9.17, 15) is 32.4 Å². The van der Waals surface area contributed by atoms with Gasteiger partial charge in [0.05, 0.1) is 32.1 Å². The van der Waals surface area contributed by atoms with Gasteiger partial charge in [-0.15, -0.1) is 0 Å². The number of ether oxygens (including phenoxy) is 3. The molecule has 1 aromatic carbocycles. The molecule has 298 valence electrons. The Hall–Kier alpha value is -5.45. The van der Waals surface area contributed by atoms with Crippen LogP contribution < -0.4 is 24.8 Å². The van der Waals surface area contributed by atoms with Crippen LogP contribution in [0.15, 0.2) is 55.3 Å². The molecule has 3 N–H and O–H groups in total. The maximum absolute atomic E-state index is 14.7. The summed E-state index contributed by atoms with van der Waals surface area (Å²) in [6.07, 6.45) is 11.4. The fourth-order valence-corrected chi connectivity index (χ4v) is 8.90. The number of methoxy groups -OCH3 is 1. The summed E-state index contributed by atoms with van der Waals surface area (Å²) in [7, 11) is -2.37. The monoisotopic (exact) mass is 790 g/mol. The highest BCUT2D eigenvalue weighted by molar-refractivity contribution is 7.91. The van der Waals surface area contributed by atoms with E-state index in [1.807, 2.05) is 36.4 Å². The molecule has 5 amide bonds. The molecule has 56 heavy (non-hydrogen) atoms. The van der Waals surface area contributed by atoms with Crippen LogP contribution in [0.25, 0.3) is 16.8 Å². The number of nitrogens with one attached hydrogen (secondary N) is 3. The number of aromatic nitrogens is 1. The molecule has 2 saturated carbocycles. The maximum atomic E-state index is 14.7.